The smallest absolute Gasteiger partial charge is 0.378 e. The molecule has 0 aliphatic rings. The maximum absolute atomic E-state index is 14.0. The minimum atomic E-state index is -3.77. The van der Waals surface area contributed by atoms with Crippen molar-refractivity contribution in [3.05, 3.63) is 0 Å². The van der Waals surface area contributed by atoms with E-state index in [1.165, 1.54) is 14.0 Å². The lowest BCUT2D eigenvalue weighted by molar-refractivity contribution is -0.175. The fourth-order valence-electron chi connectivity index (χ4n) is 1.23. The van der Waals surface area contributed by atoms with Crippen LogP contribution in [0, 0.1) is 0 Å². The average Bonchev–Trinajstić information content (AvgIpc) is 2.32. The average molecular weight is 315 g/mol. The van der Waals surface area contributed by atoms with E-state index < -0.39 is 33.7 Å². The van der Waals surface area contributed by atoms with Crippen LogP contribution in [0.3, 0.4) is 0 Å². The molecular formula is C12H23F2NO4S. The maximum Gasteiger partial charge on any atom is 0.378 e. The molecule has 0 fully saturated rings. The van der Waals surface area contributed by atoms with Gasteiger partial charge in [-0.15, -0.1) is 0 Å². The van der Waals surface area contributed by atoms with Crippen LogP contribution in [0.5, 0.6) is 0 Å². The molecule has 0 aliphatic heterocycles. The van der Waals surface area contributed by atoms with E-state index in [2.05, 4.69) is 9.46 Å². The van der Waals surface area contributed by atoms with Crippen molar-refractivity contribution < 1.29 is 27.3 Å². The van der Waals surface area contributed by atoms with Crippen LogP contribution < -0.4 is 4.72 Å². The van der Waals surface area contributed by atoms with Gasteiger partial charge in [0.25, 0.3) is 0 Å². The molecule has 20 heavy (non-hydrogen) atoms. The highest BCUT2D eigenvalue weighted by molar-refractivity contribution is 7.84. The number of nitrogens with one attached hydrogen (secondary N) is 1. The predicted molar refractivity (Wildman–Crippen MR) is 72.9 cm³/mol. The van der Waals surface area contributed by atoms with Gasteiger partial charge in [0.15, 0.2) is 0 Å². The summed E-state index contributed by atoms with van der Waals surface area (Å²) >= 11 is 0. The van der Waals surface area contributed by atoms with Gasteiger partial charge in [0.05, 0.1) is 28.4 Å². The zero-order valence-electron chi connectivity index (χ0n) is 12.5. The Bertz CT molecular complexity index is 345. The van der Waals surface area contributed by atoms with E-state index in [1.54, 1.807) is 20.8 Å². The molecule has 0 aromatic rings. The van der Waals surface area contributed by atoms with Crippen molar-refractivity contribution >= 4 is 17.0 Å². The minimum Gasteiger partial charge on any atom is -0.462 e. The molecule has 0 aliphatic carbocycles. The summed E-state index contributed by atoms with van der Waals surface area (Å²) in [5, 5.41) is 0. The molecule has 1 N–H and O–H groups in total. The molecular weight excluding hydrogens is 292 g/mol. The molecule has 0 saturated carbocycles. The Hall–Kier alpha value is -0.600. The number of halogens is 2. The molecule has 5 nitrogen and oxygen atoms in total. The van der Waals surface area contributed by atoms with E-state index >= 15 is 0 Å². The first-order chi connectivity index (χ1) is 9.07. The molecule has 0 amide bonds. The highest BCUT2D eigenvalue weighted by Gasteiger charge is 2.49. The Balaban J connectivity index is 5.04. The fourth-order valence-corrected chi connectivity index (χ4v) is 2.10. The summed E-state index contributed by atoms with van der Waals surface area (Å²) < 4.78 is 50.7. The van der Waals surface area contributed by atoms with Crippen molar-refractivity contribution in [3.63, 3.8) is 0 Å². The van der Waals surface area contributed by atoms with E-state index in [0.717, 1.165) is 0 Å². The third-order valence-electron chi connectivity index (χ3n) is 2.40. The molecule has 0 bridgehead atoms. The van der Waals surface area contributed by atoms with Crippen LogP contribution in [-0.2, 0) is 25.3 Å². The number of hydrogen-bond acceptors (Lipinski definition) is 4. The van der Waals surface area contributed by atoms with Gasteiger partial charge in [0.1, 0.15) is 0 Å². The first-order valence-corrected chi connectivity index (χ1v) is 7.44. The van der Waals surface area contributed by atoms with Crippen LogP contribution in [0.25, 0.3) is 0 Å². The topological polar surface area (TPSA) is 64.6 Å². The van der Waals surface area contributed by atoms with Gasteiger partial charge in [0, 0.05) is 13.7 Å². The minimum absolute atomic E-state index is 0.00794. The van der Waals surface area contributed by atoms with E-state index in [0.29, 0.717) is 0 Å². The Kier molecular flexibility index (Phi) is 7.75. The van der Waals surface area contributed by atoms with E-state index in [1.807, 2.05) is 0 Å². The number of esters is 1. The van der Waals surface area contributed by atoms with Crippen LogP contribution >= 0.6 is 0 Å². The fraction of sp³-hybridized carbons (Fsp3) is 0.917. The number of alkyl halides is 2. The molecule has 2 atom stereocenters. The predicted octanol–water partition coefficient (Wildman–Crippen LogP) is 1.64. The van der Waals surface area contributed by atoms with Crippen molar-refractivity contribution in [1.82, 2.24) is 4.72 Å². The second-order valence-corrected chi connectivity index (χ2v) is 7.17. The van der Waals surface area contributed by atoms with Crippen LogP contribution in [0.2, 0.25) is 0 Å². The quantitative estimate of drug-likeness (QED) is 0.692. The molecule has 1 unspecified atom stereocenters. The molecule has 0 spiro atoms. The standard InChI is InChI=1S/C12H23F2NO4S/c1-6-19-10(16)12(13,14)9(7-8-18-5)15-20(17)11(2,3)4/h9,15H,6-8H2,1-5H3/t9?,20-/m0/s1. The van der Waals surface area contributed by atoms with Gasteiger partial charge in [-0.25, -0.2) is 13.7 Å². The Labute approximate surface area is 121 Å². The lowest BCUT2D eigenvalue weighted by atomic mass is 10.1. The second kappa shape index (κ2) is 7.99. The molecule has 0 aromatic heterocycles. The lowest BCUT2D eigenvalue weighted by Gasteiger charge is -2.28. The van der Waals surface area contributed by atoms with Gasteiger partial charge in [-0.1, -0.05) is 0 Å². The summed E-state index contributed by atoms with van der Waals surface area (Å²) in [6.45, 7) is 6.24. The highest BCUT2D eigenvalue weighted by Crippen LogP contribution is 2.25. The van der Waals surface area contributed by atoms with Crippen LogP contribution in [0.15, 0.2) is 0 Å². The van der Waals surface area contributed by atoms with Crippen molar-refractivity contribution in [2.45, 2.75) is 50.8 Å². The van der Waals surface area contributed by atoms with Crippen molar-refractivity contribution in [1.29, 1.82) is 0 Å². The summed E-state index contributed by atoms with van der Waals surface area (Å²) in [5.74, 6) is -5.39. The largest absolute Gasteiger partial charge is 0.462 e. The third-order valence-corrected chi connectivity index (χ3v) is 4.01. The Morgan fingerprint density at radius 2 is 1.90 bits per heavy atom. The van der Waals surface area contributed by atoms with Crippen molar-refractivity contribution in [2.75, 3.05) is 20.3 Å². The Morgan fingerprint density at radius 3 is 2.30 bits per heavy atom. The van der Waals surface area contributed by atoms with Crippen LogP contribution in [-0.4, -0.2) is 47.2 Å². The summed E-state index contributed by atoms with van der Waals surface area (Å²) in [6.07, 6.45) is -0.163. The third kappa shape index (κ3) is 5.80. The van der Waals surface area contributed by atoms with E-state index in [4.69, 9.17) is 4.74 Å². The number of carbonyl (C=O) groups excluding carboxylic acids is 1. The van der Waals surface area contributed by atoms with Crippen LogP contribution in [0.1, 0.15) is 34.1 Å². The first kappa shape index (κ1) is 19.4. The molecule has 8 heteroatoms. The van der Waals surface area contributed by atoms with E-state index in [-0.39, 0.29) is 19.6 Å². The van der Waals surface area contributed by atoms with Gasteiger partial charge in [-0.3, -0.25) is 0 Å². The Morgan fingerprint density at radius 1 is 1.35 bits per heavy atom. The van der Waals surface area contributed by atoms with Crippen molar-refractivity contribution in [2.24, 2.45) is 0 Å². The maximum atomic E-state index is 14.0. The van der Waals surface area contributed by atoms with Gasteiger partial charge in [-0.05, 0) is 34.1 Å². The van der Waals surface area contributed by atoms with Gasteiger partial charge < -0.3 is 9.47 Å². The van der Waals surface area contributed by atoms with Crippen molar-refractivity contribution in [3.8, 4) is 0 Å². The number of methoxy groups -OCH3 is 1. The van der Waals surface area contributed by atoms with Gasteiger partial charge >= 0.3 is 11.9 Å². The first-order valence-electron chi connectivity index (χ1n) is 6.29. The lowest BCUT2D eigenvalue weighted by Crippen LogP contribution is -2.54. The number of carbonyl (C=O) groups is 1. The van der Waals surface area contributed by atoms with Gasteiger partial charge in [-0.2, -0.15) is 8.78 Å². The summed E-state index contributed by atoms with van der Waals surface area (Å²) in [4.78, 5) is 11.3. The number of ether oxygens (including phenoxy) is 2. The zero-order chi connectivity index (χ0) is 16.0. The monoisotopic (exact) mass is 315 g/mol. The highest BCUT2D eigenvalue weighted by atomic mass is 32.2. The molecule has 0 rings (SSSR count). The number of hydrogen-bond donors (Lipinski definition) is 1. The second-order valence-electron chi connectivity index (χ2n) is 5.18. The van der Waals surface area contributed by atoms with Crippen LogP contribution in [0.4, 0.5) is 8.78 Å². The molecule has 0 heterocycles. The normalized spacial score (nSPS) is 15.8. The molecule has 0 radical (unpaired) electrons. The molecule has 0 aromatic carbocycles. The SMILES string of the molecule is CCOC(=O)C(F)(F)C(CCOC)N[S@@](=O)C(C)(C)C. The van der Waals surface area contributed by atoms with E-state index in [9.17, 15) is 17.8 Å². The zero-order valence-corrected chi connectivity index (χ0v) is 13.3. The number of rotatable bonds is 8. The summed E-state index contributed by atoms with van der Waals surface area (Å²) in [7, 11) is -0.370. The summed E-state index contributed by atoms with van der Waals surface area (Å²) in [6, 6.07) is -1.61. The van der Waals surface area contributed by atoms with Gasteiger partial charge in [0.2, 0.25) is 0 Å². The summed E-state index contributed by atoms with van der Waals surface area (Å²) in [5.41, 5.74) is 0. The molecule has 120 valence electrons. The molecule has 0 saturated heterocycles.